The van der Waals surface area contributed by atoms with Crippen LogP contribution < -0.4 is 0 Å². The standard InChI is InChI=1S/C10H20O3/c1-5-13-9(11)8-12-7-6-10(2,3)4/h5-8H2,1-4H3. The van der Waals surface area contributed by atoms with E-state index in [0.717, 1.165) is 6.42 Å². The van der Waals surface area contributed by atoms with Crippen LogP contribution in [0, 0.1) is 5.41 Å². The smallest absolute Gasteiger partial charge is 0.332 e. The number of carbonyl (C=O) groups is 1. The molecule has 0 fully saturated rings. The molecule has 0 saturated carbocycles. The van der Waals surface area contributed by atoms with E-state index in [1.807, 2.05) is 0 Å². The van der Waals surface area contributed by atoms with Crippen molar-refractivity contribution in [3.05, 3.63) is 0 Å². The monoisotopic (exact) mass is 188 g/mol. The fraction of sp³-hybridized carbons (Fsp3) is 0.900. The fourth-order valence-electron chi connectivity index (χ4n) is 0.737. The molecule has 0 amide bonds. The van der Waals surface area contributed by atoms with Crippen LogP contribution >= 0.6 is 0 Å². The van der Waals surface area contributed by atoms with Gasteiger partial charge >= 0.3 is 5.97 Å². The van der Waals surface area contributed by atoms with Crippen molar-refractivity contribution in [2.45, 2.75) is 34.1 Å². The highest BCUT2D eigenvalue weighted by molar-refractivity contribution is 5.70. The largest absolute Gasteiger partial charge is 0.464 e. The molecule has 0 saturated heterocycles. The van der Waals surface area contributed by atoms with Crippen molar-refractivity contribution in [3.8, 4) is 0 Å². The molecule has 0 heterocycles. The second kappa shape index (κ2) is 5.97. The molecule has 0 spiro atoms. The topological polar surface area (TPSA) is 35.5 Å². The first-order valence-corrected chi connectivity index (χ1v) is 4.69. The summed E-state index contributed by atoms with van der Waals surface area (Å²) in [4.78, 5) is 10.8. The van der Waals surface area contributed by atoms with Crippen LogP contribution in [0.5, 0.6) is 0 Å². The van der Waals surface area contributed by atoms with Gasteiger partial charge in [0.25, 0.3) is 0 Å². The quantitative estimate of drug-likeness (QED) is 0.489. The summed E-state index contributed by atoms with van der Waals surface area (Å²) in [7, 11) is 0. The lowest BCUT2D eigenvalue weighted by atomic mass is 9.93. The van der Waals surface area contributed by atoms with Gasteiger partial charge < -0.3 is 9.47 Å². The maximum atomic E-state index is 10.8. The highest BCUT2D eigenvalue weighted by atomic mass is 16.6. The molecule has 0 aromatic heterocycles. The minimum atomic E-state index is -0.281. The third-order valence-electron chi connectivity index (χ3n) is 1.52. The number of esters is 1. The lowest BCUT2D eigenvalue weighted by Crippen LogP contribution is -2.15. The maximum Gasteiger partial charge on any atom is 0.332 e. The van der Waals surface area contributed by atoms with Gasteiger partial charge in [0.05, 0.1) is 6.61 Å². The van der Waals surface area contributed by atoms with Crippen LogP contribution in [0.2, 0.25) is 0 Å². The minimum absolute atomic E-state index is 0.0733. The van der Waals surface area contributed by atoms with Gasteiger partial charge in [-0.05, 0) is 18.8 Å². The lowest BCUT2D eigenvalue weighted by molar-refractivity contribution is -0.148. The average Bonchev–Trinajstić information content (AvgIpc) is 1.97. The molecule has 0 radical (unpaired) electrons. The molecule has 0 atom stereocenters. The van der Waals surface area contributed by atoms with E-state index in [9.17, 15) is 4.79 Å². The summed E-state index contributed by atoms with van der Waals surface area (Å²) in [5.41, 5.74) is 0.259. The van der Waals surface area contributed by atoms with E-state index in [1.165, 1.54) is 0 Å². The first kappa shape index (κ1) is 12.4. The summed E-state index contributed by atoms with van der Waals surface area (Å²) >= 11 is 0. The van der Waals surface area contributed by atoms with E-state index in [0.29, 0.717) is 13.2 Å². The Kier molecular flexibility index (Phi) is 5.71. The molecule has 0 bridgehead atoms. The van der Waals surface area contributed by atoms with Crippen LogP contribution in [0.1, 0.15) is 34.1 Å². The zero-order valence-electron chi connectivity index (χ0n) is 9.05. The molecule has 0 N–H and O–H groups in total. The molecule has 0 aliphatic heterocycles. The predicted molar refractivity (Wildman–Crippen MR) is 51.5 cm³/mol. The molecule has 0 aromatic carbocycles. The Morgan fingerprint density at radius 1 is 1.31 bits per heavy atom. The van der Waals surface area contributed by atoms with Crippen LogP contribution in [0.4, 0.5) is 0 Å². The van der Waals surface area contributed by atoms with E-state index in [2.05, 4.69) is 20.8 Å². The fourth-order valence-corrected chi connectivity index (χ4v) is 0.737. The van der Waals surface area contributed by atoms with Gasteiger partial charge in [0, 0.05) is 6.61 Å². The van der Waals surface area contributed by atoms with Gasteiger partial charge in [-0.15, -0.1) is 0 Å². The van der Waals surface area contributed by atoms with Crippen molar-refractivity contribution < 1.29 is 14.3 Å². The molecule has 3 heteroatoms. The zero-order valence-corrected chi connectivity index (χ0v) is 9.05. The SMILES string of the molecule is CCOC(=O)COCCC(C)(C)C. The van der Waals surface area contributed by atoms with Crippen LogP contribution in [0.25, 0.3) is 0 Å². The third kappa shape index (κ3) is 9.34. The molecule has 78 valence electrons. The highest BCUT2D eigenvalue weighted by Gasteiger charge is 2.10. The Hall–Kier alpha value is -0.570. The number of hydrogen-bond donors (Lipinski definition) is 0. The van der Waals surface area contributed by atoms with Gasteiger partial charge in [0.2, 0.25) is 0 Å². The Bertz CT molecular complexity index is 147. The van der Waals surface area contributed by atoms with Crippen LogP contribution in [0.15, 0.2) is 0 Å². The van der Waals surface area contributed by atoms with E-state index in [-0.39, 0.29) is 18.0 Å². The number of rotatable bonds is 5. The van der Waals surface area contributed by atoms with E-state index >= 15 is 0 Å². The van der Waals surface area contributed by atoms with Crippen molar-refractivity contribution in [2.75, 3.05) is 19.8 Å². The van der Waals surface area contributed by atoms with Crippen molar-refractivity contribution in [3.63, 3.8) is 0 Å². The predicted octanol–water partition coefficient (Wildman–Crippen LogP) is 2.00. The summed E-state index contributed by atoms with van der Waals surface area (Å²) in [6, 6.07) is 0. The minimum Gasteiger partial charge on any atom is -0.464 e. The molecule has 13 heavy (non-hydrogen) atoms. The Labute approximate surface area is 80.4 Å². The summed E-state index contributed by atoms with van der Waals surface area (Å²) in [6.45, 7) is 9.31. The van der Waals surface area contributed by atoms with E-state index in [1.54, 1.807) is 6.92 Å². The van der Waals surface area contributed by atoms with Crippen molar-refractivity contribution in [1.82, 2.24) is 0 Å². The second-order valence-electron chi connectivity index (χ2n) is 4.17. The molecule has 0 unspecified atom stereocenters. The molecule has 0 aromatic rings. The summed E-state index contributed by atoms with van der Waals surface area (Å²) in [6.07, 6.45) is 0.951. The lowest BCUT2D eigenvalue weighted by Gasteiger charge is -2.17. The van der Waals surface area contributed by atoms with Gasteiger partial charge in [0.1, 0.15) is 6.61 Å². The van der Waals surface area contributed by atoms with E-state index in [4.69, 9.17) is 9.47 Å². The van der Waals surface area contributed by atoms with Crippen molar-refractivity contribution in [2.24, 2.45) is 5.41 Å². The van der Waals surface area contributed by atoms with Crippen LogP contribution in [0.3, 0.4) is 0 Å². The van der Waals surface area contributed by atoms with Crippen LogP contribution in [-0.2, 0) is 14.3 Å². The maximum absolute atomic E-state index is 10.8. The van der Waals surface area contributed by atoms with Gasteiger partial charge in [0.15, 0.2) is 0 Å². The molecule has 0 aliphatic carbocycles. The summed E-state index contributed by atoms with van der Waals surface area (Å²) in [5.74, 6) is -0.281. The van der Waals surface area contributed by atoms with Crippen molar-refractivity contribution in [1.29, 1.82) is 0 Å². The molecule has 0 rings (SSSR count). The van der Waals surface area contributed by atoms with Crippen molar-refractivity contribution >= 4 is 5.97 Å². The summed E-state index contributed by atoms with van der Waals surface area (Å²) in [5, 5.41) is 0. The molecular weight excluding hydrogens is 168 g/mol. The van der Waals surface area contributed by atoms with Gasteiger partial charge in [-0.1, -0.05) is 20.8 Å². The number of ether oxygens (including phenoxy) is 2. The molecule has 0 aliphatic rings. The number of carbonyl (C=O) groups excluding carboxylic acids is 1. The Morgan fingerprint density at radius 2 is 1.92 bits per heavy atom. The van der Waals surface area contributed by atoms with E-state index < -0.39 is 0 Å². The second-order valence-corrected chi connectivity index (χ2v) is 4.17. The average molecular weight is 188 g/mol. The molecular formula is C10H20O3. The van der Waals surface area contributed by atoms with Gasteiger partial charge in [-0.25, -0.2) is 4.79 Å². The van der Waals surface area contributed by atoms with Crippen LogP contribution in [-0.4, -0.2) is 25.8 Å². The third-order valence-corrected chi connectivity index (χ3v) is 1.52. The number of hydrogen-bond acceptors (Lipinski definition) is 3. The first-order chi connectivity index (χ1) is 5.95. The Morgan fingerprint density at radius 3 is 2.38 bits per heavy atom. The zero-order chi connectivity index (χ0) is 10.3. The highest BCUT2D eigenvalue weighted by Crippen LogP contribution is 2.17. The Balaban J connectivity index is 3.31. The molecule has 3 nitrogen and oxygen atoms in total. The van der Waals surface area contributed by atoms with Gasteiger partial charge in [-0.3, -0.25) is 0 Å². The van der Waals surface area contributed by atoms with Gasteiger partial charge in [-0.2, -0.15) is 0 Å². The summed E-state index contributed by atoms with van der Waals surface area (Å²) < 4.78 is 9.86. The normalized spacial score (nSPS) is 11.4. The first-order valence-electron chi connectivity index (χ1n) is 4.69.